The minimum atomic E-state index is -0.659. The summed E-state index contributed by atoms with van der Waals surface area (Å²) in [7, 11) is 0. The molecule has 27 heavy (non-hydrogen) atoms. The summed E-state index contributed by atoms with van der Waals surface area (Å²) >= 11 is 12.9. The maximum absolute atomic E-state index is 13.1. The summed E-state index contributed by atoms with van der Waals surface area (Å²) in [6.45, 7) is 1.80. The summed E-state index contributed by atoms with van der Waals surface area (Å²) in [5, 5.41) is 15.7. The molecule has 142 valence electrons. The van der Waals surface area contributed by atoms with Gasteiger partial charge in [-0.15, -0.1) is 0 Å². The van der Waals surface area contributed by atoms with Gasteiger partial charge in [-0.2, -0.15) is 4.68 Å². The Labute approximate surface area is 166 Å². The first-order valence-electron chi connectivity index (χ1n) is 8.97. The lowest BCUT2D eigenvalue weighted by Crippen LogP contribution is -2.32. The molecule has 2 aliphatic rings. The van der Waals surface area contributed by atoms with Crippen LogP contribution in [0.15, 0.2) is 29.5 Å². The molecule has 1 N–H and O–H groups in total. The number of allylic oxidation sites excluding steroid dienone is 1. The van der Waals surface area contributed by atoms with E-state index >= 15 is 0 Å². The lowest BCUT2D eigenvalue weighted by Gasteiger charge is -2.30. The van der Waals surface area contributed by atoms with Crippen LogP contribution in [0.2, 0.25) is 10.0 Å². The fourth-order valence-electron chi connectivity index (χ4n) is 3.71. The summed E-state index contributed by atoms with van der Waals surface area (Å²) in [6.07, 6.45) is 5.04. The Morgan fingerprint density at radius 3 is 2.63 bits per heavy atom. The second-order valence-electron chi connectivity index (χ2n) is 6.81. The Balaban J connectivity index is 1.76. The first-order valence-corrected chi connectivity index (χ1v) is 9.72. The molecule has 4 rings (SSSR count). The Kier molecular flexibility index (Phi) is 5.06. The van der Waals surface area contributed by atoms with Crippen molar-refractivity contribution < 1.29 is 9.53 Å². The van der Waals surface area contributed by atoms with Crippen LogP contribution in [-0.2, 0) is 9.53 Å². The van der Waals surface area contributed by atoms with Crippen LogP contribution in [0.5, 0.6) is 0 Å². The first-order chi connectivity index (χ1) is 13.1. The average Bonchev–Trinajstić information content (AvgIpc) is 3.10. The highest BCUT2D eigenvalue weighted by atomic mass is 35.5. The van der Waals surface area contributed by atoms with Crippen LogP contribution < -0.4 is 5.32 Å². The van der Waals surface area contributed by atoms with Gasteiger partial charge in [0.25, 0.3) is 0 Å². The fourth-order valence-corrected chi connectivity index (χ4v) is 4.32. The number of esters is 1. The molecule has 1 aliphatic carbocycles. The molecule has 0 amide bonds. The third kappa shape index (κ3) is 3.41. The smallest absolute Gasteiger partial charge is 0.338 e. The highest BCUT2D eigenvalue weighted by Gasteiger charge is 2.38. The molecule has 1 aliphatic heterocycles. The number of ether oxygens (including phenoxy) is 1. The van der Waals surface area contributed by atoms with Crippen LogP contribution in [0.4, 0.5) is 5.95 Å². The van der Waals surface area contributed by atoms with Crippen molar-refractivity contribution in [1.82, 2.24) is 20.2 Å². The van der Waals surface area contributed by atoms with Gasteiger partial charge in [-0.3, -0.25) is 0 Å². The number of hydrogen-bond donors (Lipinski definition) is 1. The van der Waals surface area contributed by atoms with E-state index in [1.165, 1.54) is 11.1 Å². The van der Waals surface area contributed by atoms with Gasteiger partial charge >= 0.3 is 5.97 Å². The molecule has 0 bridgehead atoms. The summed E-state index contributed by atoms with van der Waals surface area (Å²) in [5.74, 6) is 0.0248. The minimum absolute atomic E-state index is 0.0656. The van der Waals surface area contributed by atoms with Gasteiger partial charge in [0.15, 0.2) is 0 Å². The maximum Gasteiger partial charge on any atom is 0.338 e. The van der Waals surface area contributed by atoms with Crippen molar-refractivity contribution in [2.45, 2.75) is 51.2 Å². The van der Waals surface area contributed by atoms with E-state index in [0.29, 0.717) is 32.8 Å². The monoisotopic (exact) mass is 407 g/mol. The zero-order chi connectivity index (χ0) is 19.0. The Morgan fingerprint density at radius 2 is 1.93 bits per heavy atom. The molecular formula is C18H19Cl2N5O2. The van der Waals surface area contributed by atoms with Crippen LogP contribution in [0, 0.1) is 0 Å². The summed E-state index contributed by atoms with van der Waals surface area (Å²) < 4.78 is 7.33. The van der Waals surface area contributed by atoms with Gasteiger partial charge in [-0.25, -0.2) is 4.79 Å². The van der Waals surface area contributed by atoms with Crippen LogP contribution in [0.25, 0.3) is 0 Å². The van der Waals surface area contributed by atoms with Crippen LogP contribution in [0.3, 0.4) is 0 Å². The van der Waals surface area contributed by atoms with Crippen LogP contribution in [-0.4, -0.2) is 32.3 Å². The van der Waals surface area contributed by atoms with Crippen LogP contribution >= 0.6 is 23.2 Å². The van der Waals surface area contributed by atoms with Gasteiger partial charge in [-0.1, -0.05) is 40.8 Å². The van der Waals surface area contributed by atoms with Crippen molar-refractivity contribution in [3.8, 4) is 0 Å². The van der Waals surface area contributed by atoms with Gasteiger partial charge in [-0.05, 0) is 55.2 Å². The SMILES string of the molecule is CC1=C(C(=O)OC2CCCCC2)[C@H](c2c(Cl)cccc2Cl)n2nnnc2N1. The quantitative estimate of drug-likeness (QED) is 0.769. The molecule has 0 spiro atoms. The van der Waals surface area contributed by atoms with E-state index in [1.807, 2.05) is 0 Å². The van der Waals surface area contributed by atoms with E-state index in [1.54, 1.807) is 25.1 Å². The molecule has 2 heterocycles. The normalized spacial score (nSPS) is 20.2. The highest BCUT2D eigenvalue weighted by molar-refractivity contribution is 6.36. The van der Waals surface area contributed by atoms with Gasteiger partial charge in [0.1, 0.15) is 12.1 Å². The number of halogens is 2. The van der Waals surface area contributed by atoms with Crippen molar-refractivity contribution in [3.05, 3.63) is 45.1 Å². The molecule has 1 atom stereocenters. The number of aromatic nitrogens is 4. The molecule has 1 aromatic carbocycles. The number of carbonyl (C=O) groups is 1. The number of anilines is 1. The Morgan fingerprint density at radius 1 is 1.22 bits per heavy atom. The molecule has 0 radical (unpaired) electrons. The third-order valence-electron chi connectivity index (χ3n) is 5.03. The molecule has 0 saturated heterocycles. The minimum Gasteiger partial charge on any atom is -0.459 e. The molecule has 0 unspecified atom stereocenters. The lowest BCUT2D eigenvalue weighted by atomic mass is 9.94. The molecule has 1 saturated carbocycles. The first kappa shape index (κ1) is 18.3. The van der Waals surface area contributed by atoms with Crippen molar-refractivity contribution in [3.63, 3.8) is 0 Å². The number of fused-ring (bicyclic) bond motifs is 1. The second kappa shape index (κ2) is 7.48. The molecule has 2 aromatic rings. The van der Waals surface area contributed by atoms with E-state index in [-0.39, 0.29) is 6.10 Å². The standard InChI is InChI=1S/C18H19Cl2N5O2/c1-10-14(17(26)27-11-6-3-2-4-7-11)16(25-18(21-10)22-23-24-25)15-12(19)8-5-9-13(15)20/h5,8-9,11,16H,2-4,6-7H2,1H3,(H,21,22,24)/t16-/m1/s1. The number of hydrogen-bond acceptors (Lipinski definition) is 6. The zero-order valence-corrected chi connectivity index (χ0v) is 16.3. The summed E-state index contributed by atoms with van der Waals surface area (Å²) in [5.41, 5.74) is 1.61. The van der Waals surface area contributed by atoms with Gasteiger partial charge in [0.05, 0.1) is 5.57 Å². The Hall–Kier alpha value is -2.12. The topological polar surface area (TPSA) is 81.9 Å². The fraction of sp³-hybridized carbons (Fsp3) is 0.444. The number of benzene rings is 1. The van der Waals surface area contributed by atoms with Crippen molar-refractivity contribution in [2.24, 2.45) is 0 Å². The third-order valence-corrected chi connectivity index (χ3v) is 5.69. The predicted molar refractivity (Wildman–Crippen MR) is 102 cm³/mol. The number of carbonyl (C=O) groups excluding carboxylic acids is 1. The predicted octanol–water partition coefficient (Wildman–Crippen LogP) is 4.14. The van der Waals surface area contributed by atoms with Gasteiger partial charge in [0.2, 0.25) is 5.95 Å². The maximum atomic E-state index is 13.1. The second-order valence-corrected chi connectivity index (χ2v) is 7.63. The van der Waals surface area contributed by atoms with Crippen molar-refractivity contribution in [1.29, 1.82) is 0 Å². The van der Waals surface area contributed by atoms with E-state index in [4.69, 9.17) is 27.9 Å². The molecular weight excluding hydrogens is 389 g/mol. The average molecular weight is 408 g/mol. The largest absolute Gasteiger partial charge is 0.459 e. The molecule has 9 heteroatoms. The lowest BCUT2D eigenvalue weighted by molar-refractivity contribution is -0.146. The van der Waals surface area contributed by atoms with Crippen molar-refractivity contribution in [2.75, 3.05) is 5.32 Å². The van der Waals surface area contributed by atoms with E-state index in [9.17, 15) is 4.79 Å². The molecule has 1 fully saturated rings. The van der Waals surface area contributed by atoms with Gasteiger partial charge < -0.3 is 10.1 Å². The molecule has 7 nitrogen and oxygen atoms in total. The highest BCUT2D eigenvalue weighted by Crippen LogP contribution is 2.41. The van der Waals surface area contributed by atoms with Gasteiger partial charge in [0, 0.05) is 21.3 Å². The Bertz CT molecular complexity index is 885. The zero-order valence-electron chi connectivity index (χ0n) is 14.8. The number of tetrazole rings is 1. The molecule has 1 aromatic heterocycles. The summed E-state index contributed by atoms with van der Waals surface area (Å²) in [6, 6.07) is 4.56. The number of nitrogens with zero attached hydrogens (tertiary/aromatic N) is 4. The van der Waals surface area contributed by atoms with Crippen molar-refractivity contribution >= 4 is 35.1 Å². The summed E-state index contributed by atoms with van der Waals surface area (Å²) in [4.78, 5) is 13.1. The van der Waals surface area contributed by atoms with Crippen LogP contribution in [0.1, 0.15) is 50.6 Å². The van der Waals surface area contributed by atoms with E-state index < -0.39 is 12.0 Å². The van der Waals surface area contributed by atoms with E-state index in [2.05, 4.69) is 20.8 Å². The number of nitrogens with one attached hydrogen (secondary N) is 1. The number of rotatable bonds is 3. The van der Waals surface area contributed by atoms with E-state index in [0.717, 1.165) is 25.7 Å².